The van der Waals surface area contributed by atoms with Crippen LogP contribution < -0.4 is 5.32 Å². The van der Waals surface area contributed by atoms with Gasteiger partial charge in [0.15, 0.2) is 0 Å². The SMILES string of the molecule is Cc1cccc(C(=O)Nc2ccc(Cl)cc2I)c1I. The highest BCUT2D eigenvalue weighted by Crippen LogP contribution is 2.24. The molecule has 2 aromatic carbocycles. The van der Waals surface area contributed by atoms with E-state index in [0.717, 1.165) is 18.4 Å². The van der Waals surface area contributed by atoms with Crippen molar-refractivity contribution >= 4 is 68.4 Å². The molecule has 1 N–H and O–H groups in total. The van der Waals surface area contributed by atoms with Gasteiger partial charge in [0.2, 0.25) is 0 Å². The fourth-order valence-corrected chi connectivity index (χ4v) is 3.21. The molecule has 0 saturated heterocycles. The number of rotatable bonds is 2. The Hall–Kier alpha value is -0.340. The molecule has 0 unspecified atom stereocenters. The third-order valence-electron chi connectivity index (χ3n) is 2.62. The Balaban J connectivity index is 2.28. The number of amides is 1. The summed E-state index contributed by atoms with van der Waals surface area (Å²) in [5, 5.41) is 3.57. The van der Waals surface area contributed by atoms with Gasteiger partial charge in [0.25, 0.3) is 5.91 Å². The molecule has 2 nitrogen and oxygen atoms in total. The van der Waals surface area contributed by atoms with Gasteiger partial charge >= 0.3 is 0 Å². The molecular weight excluding hydrogens is 487 g/mol. The van der Waals surface area contributed by atoms with E-state index >= 15 is 0 Å². The maximum Gasteiger partial charge on any atom is 0.256 e. The lowest BCUT2D eigenvalue weighted by Gasteiger charge is -2.10. The predicted octanol–water partition coefficient (Wildman–Crippen LogP) is 5.11. The Morgan fingerprint density at radius 2 is 1.95 bits per heavy atom. The van der Waals surface area contributed by atoms with Crippen LogP contribution in [0.25, 0.3) is 0 Å². The van der Waals surface area contributed by atoms with Crippen LogP contribution in [0, 0.1) is 14.1 Å². The van der Waals surface area contributed by atoms with Crippen LogP contribution in [0.1, 0.15) is 15.9 Å². The van der Waals surface area contributed by atoms with Gasteiger partial charge in [0.1, 0.15) is 0 Å². The number of hydrogen-bond donors (Lipinski definition) is 1. The first-order valence-electron chi connectivity index (χ1n) is 5.50. The van der Waals surface area contributed by atoms with Gasteiger partial charge in [-0.2, -0.15) is 0 Å². The minimum absolute atomic E-state index is 0.103. The fourth-order valence-electron chi connectivity index (χ4n) is 1.60. The van der Waals surface area contributed by atoms with Crippen molar-refractivity contribution in [2.75, 3.05) is 5.32 Å². The number of benzene rings is 2. The standard InChI is InChI=1S/C14H10ClI2NO/c1-8-3-2-4-10(13(8)17)14(19)18-12-6-5-9(15)7-11(12)16/h2-7H,1H3,(H,18,19). The first kappa shape index (κ1) is 15.1. The molecular formula is C14H10ClI2NO. The zero-order valence-corrected chi connectivity index (χ0v) is 15.1. The minimum atomic E-state index is -0.103. The van der Waals surface area contributed by atoms with Crippen molar-refractivity contribution < 1.29 is 4.79 Å². The second-order valence-corrected chi connectivity index (χ2v) is 6.69. The summed E-state index contributed by atoms with van der Waals surface area (Å²) in [4.78, 5) is 12.3. The molecule has 0 saturated carbocycles. The van der Waals surface area contributed by atoms with E-state index in [9.17, 15) is 4.79 Å². The number of halogens is 3. The van der Waals surface area contributed by atoms with Crippen molar-refractivity contribution in [3.05, 3.63) is 59.7 Å². The molecule has 5 heteroatoms. The van der Waals surface area contributed by atoms with Gasteiger partial charge < -0.3 is 5.32 Å². The summed E-state index contributed by atoms with van der Waals surface area (Å²) < 4.78 is 1.89. The number of anilines is 1. The molecule has 19 heavy (non-hydrogen) atoms. The average molecular weight is 498 g/mol. The molecule has 0 aliphatic rings. The van der Waals surface area contributed by atoms with Crippen molar-refractivity contribution in [1.29, 1.82) is 0 Å². The minimum Gasteiger partial charge on any atom is -0.321 e. The summed E-state index contributed by atoms with van der Waals surface area (Å²) in [5.41, 5.74) is 2.55. The summed E-state index contributed by atoms with van der Waals surface area (Å²) in [5.74, 6) is -0.103. The molecule has 0 bridgehead atoms. The van der Waals surface area contributed by atoms with Gasteiger partial charge in [-0.25, -0.2) is 0 Å². The van der Waals surface area contributed by atoms with Crippen molar-refractivity contribution in [2.45, 2.75) is 6.92 Å². The van der Waals surface area contributed by atoms with E-state index in [4.69, 9.17) is 11.6 Å². The predicted molar refractivity (Wildman–Crippen MR) is 96.0 cm³/mol. The highest BCUT2D eigenvalue weighted by Gasteiger charge is 2.12. The zero-order chi connectivity index (χ0) is 14.0. The van der Waals surface area contributed by atoms with Crippen molar-refractivity contribution in [2.24, 2.45) is 0 Å². The lowest BCUT2D eigenvalue weighted by Crippen LogP contribution is -2.14. The number of carbonyl (C=O) groups excluding carboxylic acids is 1. The number of hydrogen-bond acceptors (Lipinski definition) is 1. The van der Waals surface area contributed by atoms with Crippen LogP contribution in [0.15, 0.2) is 36.4 Å². The highest BCUT2D eigenvalue weighted by atomic mass is 127. The Morgan fingerprint density at radius 1 is 1.21 bits per heavy atom. The Kier molecular flexibility index (Phi) is 5.08. The monoisotopic (exact) mass is 497 g/mol. The van der Waals surface area contributed by atoms with Gasteiger partial charge in [-0.05, 0) is 81.9 Å². The zero-order valence-electron chi connectivity index (χ0n) is 10.0. The van der Waals surface area contributed by atoms with E-state index in [0.29, 0.717) is 10.6 Å². The van der Waals surface area contributed by atoms with Gasteiger partial charge in [0.05, 0.1) is 11.3 Å². The van der Waals surface area contributed by atoms with Crippen LogP contribution in [0.2, 0.25) is 5.02 Å². The average Bonchev–Trinajstić information content (AvgIpc) is 2.36. The molecule has 0 aliphatic heterocycles. The van der Waals surface area contributed by atoms with E-state index in [1.54, 1.807) is 6.07 Å². The molecule has 0 radical (unpaired) electrons. The fraction of sp³-hybridized carbons (Fsp3) is 0.0714. The summed E-state index contributed by atoms with van der Waals surface area (Å²) in [6.07, 6.45) is 0. The van der Waals surface area contributed by atoms with Gasteiger partial charge in [-0.15, -0.1) is 0 Å². The van der Waals surface area contributed by atoms with Crippen LogP contribution in [0.4, 0.5) is 5.69 Å². The van der Waals surface area contributed by atoms with Crippen LogP contribution in [-0.2, 0) is 0 Å². The summed E-state index contributed by atoms with van der Waals surface area (Å²) in [6.45, 7) is 1.99. The van der Waals surface area contributed by atoms with Crippen LogP contribution in [0.3, 0.4) is 0 Å². The number of aryl methyl sites for hydroxylation is 1. The summed E-state index contributed by atoms with van der Waals surface area (Å²) >= 11 is 10.2. The first-order chi connectivity index (χ1) is 8.99. The molecule has 0 atom stereocenters. The number of nitrogens with one attached hydrogen (secondary N) is 1. The molecule has 0 heterocycles. The normalized spacial score (nSPS) is 10.3. The van der Waals surface area contributed by atoms with E-state index in [1.807, 2.05) is 37.3 Å². The Labute approximate surface area is 144 Å². The second kappa shape index (κ2) is 6.41. The molecule has 2 aromatic rings. The molecule has 98 valence electrons. The molecule has 1 amide bonds. The molecule has 0 aromatic heterocycles. The van der Waals surface area contributed by atoms with Gasteiger partial charge in [0, 0.05) is 12.2 Å². The van der Waals surface area contributed by atoms with Crippen molar-refractivity contribution in [3.8, 4) is 0 Å². The molecule has 0 spiro atoms. The van der Waals surface area contributed by atoms with E-state index in [1.165, 1.54) is 0 Å². The van der Waals surface area contributed by atoms with Crippen LogP contribution in [-0.4, -0.2) is 5.91 Å². The molecule has 2 rings (SSSR count). The summed E-state index contributed by atoms with van der Waals surface area (Å²) in [6, 6.07) is 11.1. The Morgan fingerprint density at radius 3 is 2.63 bits per heavy atom. The second-order valence-electron chi connectivity index (χ2n) is 4.01. The van der Waals surface area contributed by atoms with Gasteiger partial charge in [-0.1, -0.05) is 23.7 Å². The quantitative estimate of drug-likeness (QED) is 0.575. The third-order valence-corrected chi connectivity index (χ3v) is 5.18. The van der Waals surface area contributed by atoms with Crippen LogP contribution >= 0.6 is 56.8 Å². The van der Waals surface area contributed by atoms with E-state index in [-0.39, 0.29) is 5.91 Å². The smallest absolute Gasteiger partial charge is 0.256 e. The Bertz CT molecular complexity index is 643. The maximum absolute atomic E-state index is 12.3. The van der Waals surface area contributed by atoms with E-state index < -0.39 is 0 Å². The summed E-state index contributed by atoms with van der Waals surface area (Å²) in [7, 11) is 0. The topological polar surface area (TPSA) is 29.1 Å². The molecule has 0 aliphatic carbocycles. The van der Waals surface area contributed by atoms with E-state index in [2.05, 4.69) is 50.5 Å². The maximum atomic E-state index is 12.3. The lowest BCUT2D eigenvalue weighted by molar-refractivity contribution is 0.102. The first-order valence-corrected chi connectivity index (χ1v) is 8.04. The largest absolute Gasteiger partial charge is 0.321 e. The third kappa shape index (κ3) is 3.61. The highest BCUT2D eigenvalue weighted by molar-refractivity contribution is 14.1. The van der Waals surface area contributed by atoms with Crippen molar-refractivity contribution in [3.63, 3.8) is 0 Å². The van der Waals surface area contributed by atoms with Crippen molar-refractivity contribution in [1.82, 2.24) is 0 Å². The number of carbonyl (C=O) groups is 1. The van der Waals surface area contributed by atoms with Crippen LogP contribution in [0.5, 0.6) is 0 Å². The lowest BCUT2D eigenvalue weighted by atomic mass is 10.1. The molecule has 0 fully saturated rings. The van der Waals surface area contributed by atoms with Gasteiger partial charge in [-0.3, -0.25) is 4.79 Å².